The second-order valence-corrected chi connectivity index (χ2v) is 2.90. The quantitative estimate of drug-likeness (QED) is 0.449. The summed E-state index contributed by atoms with van der Waals surface area (Å²) in [5.41, 5.74) is 2.58. The number of hydrazone groups is 1. The average Bonchev–Trinajstić information content (AvgIpc) is 2.09. The topological polar surface area (TPSA) is 15.6 Å². The number of hydrogen-bond donors (Lipinski definition) is 0. The number of allylic oxidation sites excluding steroid dienone is 5. The fourth-order valence-corrected chi connectivity index (χ4v) is 1.03. The van der Waals surface area contributed by atoms with E-state index in [9.17, 15) is 0 Å². The van der Waals surface area contributed by atoms with Crippen LogP contribution in [0.2, 0.25) is 0 Å². The highest BCUT2D eigenvalue weighted by atomic mass is 15.4. The van der Waals surface area contributed by atoms with Crippen molar-refractivity contribution in [3.05, 3.63) is 35.6 Å². The Labute approximate surface area is 73.6 Å². The minimum absolute atomic E-state index is 0.988. The van der Waals surface area contributed by atoms with Crippen LogP contribution in [0.3, 0.4) is 0 Å². The molecule has 2 heteroatoms. The molecule has 0 saturated heterocycles. The van der Waals surface area contributed by atoms with Gasteiger partial charge in [0.25, 0.3) is 0 Å². The maximum Gasteiger partial charge on any atom is 0.0296 e. The van der Waals surface area contributed by atoms with Crippen molar-refractivity contribution in [1.82, 2.24) is 5.01 Å². The Morgan fingerprint density at radius 1 is 1.58 bits per heavy atom. The molecule has 12 heavy (non-hydrogen) atoms. The van der Waals surface area contributed by atoms with Crippen molar-refractivity contribution in [3.8, 4) is 0 Å². The second-order valence-electron chi connectivity index (χ2n) is 2.90. The molecule has 0 heterocycles. The molecule has 0 fully saturated rings. The van der Waals surface area contributed by atoms with E-state index in [1.54, 1.807) is 5.01 Å². The van der Waals surface area contributed by atoms with Gasteiger partial charge in [-0.3, -0.25) is 5.01 Å². The van der Waals surface area contributed by atoms with Crippen LogP contribution in [0.15, 0.2) is 40.7 Å². The van der Waals surface area contributed by atoms with Gasteiger partial charge in [-0.1, -0.05) is 23.8 Å². The van der Waals surface area contributed by atoms with E-state index in [1.165, 1.54) is 11.1 Å². The van der Waals surface area contributed by atoms with E-state index in [0.29, 0.717) is 0 Å². The van der Waals surface area contributed by atoms with Crippen molar-refractivity contribution in [1.29, 1.82) is 0 Å². The highest BCUT2D eigenvalue weighted by Crippen LogP contribution is 2.14. The van der Waals surface area contributed by atoms with Gasteiger partial charge in [-0.25, -0.2) is 0 Å². The standard InChI is InChI=1S/C10H14N2/c1-9-4-6-10(7-5-9)8-12(3)11-2/h4-6,8H,2,7H2,1,3H3/b10-8-. The third kappa shape index (κ3) is 2.38. The molecule has 0 aromatic carbocycles. The molecular weight excluding hydrogens is 148 g/mol. The average molecular weight is 162 g/mol. The van der Waals surface area contributed by atoms with Gasteiger partial charge in [0.05, 0.1) is 0 Å². The van der Waals surface area contributed by atoms with Gasteiger partial charge in [0.1, 0.15) is 0 Å². The van der Waals surface area contributed by atoms with Crippen LogP contribution in [0.25, 0.3) is 0 Å². The Morgan fingerprint density at radius 3 is 2.83 bits per heavy atom. The largest absolute Gasteiger partial charge is 0.276 e. The van der Waals surface area contributed by atoms with E-state index in [1.807, 2.05) is 13.2 Å². The third-order valence-corrected chi connectivity index (χ3v) is 1.80. The predicted octanol–water partition coefficient (Wildman–Crippen LogP) is 2.32. The van der Waals surface area contributed by atoms with Crippen molar-refractivity contribution in [2.24, 2.45) is 5.10 Å². The molecule has 0 N–H and O–H groups in total. The van der Waals surface area contributed by atoms with Crippen molar-refractivity contribution < 1.29 is 0 Å². The van der Waals surface area contributed by atoms with E-state index < -0.39 is 0 Å². The lowest BCUT2D eigenvalue weighted by Crippen LogP contribution is -2.01. The van der Waals surface area contributed by atoms with Gasteiger partial charge in [0.2, 0.25) is 0 Å². The first-order valence-electron chi connectivity index (χ1n) is 3.97. The Bertz CT molecular complexity index is 259. The maximum absolute atomic E-state index is 3.75. The predicted molar refractivity (Wildman–Crippen MR) is 52.9 cm³/mol. The molecule has 0 atom stereocenters. The Morgan fingerprint density at radius 2 is 2.33 bits per heavy atom. The second kappa shape index (κ2) is 3.90. The zero-order valence-corrected chi connectivity index (χ0v) is 7.62. The van der Waals surface area contributed by atoms with Gasteiger partial charge in [0.15, 0.2) is 0 Å². The normalized spacial score (nSPS) is 19.2. The van der Waals surface area contributed by atoms with Gasteiger partial charge in [0, 0.05) is 20.0 Å². The van der Waals surface area contributed by atoms with Gasteiger partial charge in [-0.05, 0) is 18.9 Å². The molecule has 0 bridgehead atoms. The van der Waals surface area contributed by atoms with E-state index in [-0.39, 0.29) is 0 Å². The number of nitrogens with zero attached hydrogens (tertiary/aromatic N) is 2. The first-order valence-corrected chi connectivity index (χ1v) is 3.97. The van der Waals surface area contributed by atoms with E-state index in [4.69, 9.17) is 0 Å². The van der Waals surface area contributed by atoms with Crippen LogP contribution < -0.4 is 0 Å². The van der Waals surface area contributed by atoms with Crippen molar-refractivity contribution in [3.63, 3.8) is 0 Å². The van der Waals surface area contributed by atoms with Crippen molar-refractivity contribution in [2.45, 2.75) is 13.3 Å². The zero-order valence-electron chi connectivity index (χ0n) is 7.62. The molecule has 2 nitrogen and oxygen atoms in total. The fraction of sp³-hybridized carbons (Fsp3) is 0.300. The Balaban J connectivity index is 2.63. The van der Waals surface area contributed by atoms with Gasteiger partial charge in [-0.2, -0.15) is 5.10 Å². The lowest BCUT2D eigenvalue weighted by atomic mass is 10.0. The molecule has 0 spiro atoms. The first-order chi connectivity index (χ1) is 5.72. The van der Waals surface area contributed by atoms with Crippen LogP contribution in [-0.4, -0.2) is 18.8 Å². The smallest absolute Gasteiger partial charge is 0.0296 e. The maximum atomic E-state index is 3.75. The molecule has 0 aromatic heterocycles. The monoisotopic (exact) mass is 162 g/mol. The van der Waals surface area contributed by atoms with Crippen LogP contribution >= 0.6 is 0 Å². The number of rotatable bonds is 2. The summed E-state index contributed by atoms with van der Waals surface area (Å²) in [7, 11) is 1.87. The Kier molecular flexibility index (Phi) is 2.86. The van der Waals surface area contributed by atoms with Gasteiger partial charge in [-0.15, -0.1) is 0 Å². The van der Waals surface area contributed by atoms with E-state index in [0.717, 1.165) is 6.42 Å². The summed E-state index contributed by atoms with van der Waals surface area (Å²) in [5.74, 6) is 0. The summed E-state index contributed by atoms with van der Waals surface area (Å²) in [6, 6.07) is 0. The van der Waals surface area contributed by atoms with Crippen LogP contribution in [-0.2, 0) is 0 Å². The molecule has 0 aliphatic heterocycles. The van der Waals surface area contributed by atoms with Crippen LogP contribution in [0.1, 0.15) is 13.3 Å². The Hall–Kier alpha value is -1.31. The van der Waals surface area contributed by atoms with Crippen LogP contribution in [0.4, 0.5) is 0 Å². The molecule has 0 saturated carbocycles. The summed E-state index contributed by atoms with van der Waals surface area (Å²) in [6.45, 7) is 5.53. The molecule has 0 unspecified atom stereocenters. The van der Waals surface area contributed by atoms with Gasteiger partial charge < -0.3 is 0 Å². The van der Waals surface area contributed by atoms with Crippen molar-refractivity contribution in [2.75, 3.05) is 7.05 Å². The molecule has 1 aliphatic carbocycles. The first kappa shape index (κ1) is 8.78. The highest BCUT2D eigenvalue weighted by molar-refractivity contribution is 5.34. The number of hydrogen-bond acceptors (Lipinski definition) is 2. The van der Waals surface area contributed by atoms with Gasteiger partial charge >= 0.3 is 0 Å². The summed E-state index contributed by atoms with van der Waals surface area (Å²) < 4.78 is 0. The van der Waals surface area contributed by atoms with E-state index >= 15 is 0 Å². The lowest BCUT2D eigenvalue weighted by Gasteiger charge is -2.10. The molecule has 64 valence electrons. The highest BCUT2D eigenvalue weighted by Gasteiger charge is 1.97. The third-order valence-electron chi connectivity index (χ3n) is 1.80. The molecule has 0 radical (unpaired) electrons. The fourth-order valence-electron chi connectivity index (χ4n) is 1.03. The van der Waals surface area contributed by atoms with Crippen LogP contribution in [0, 0.1) is 0 Å². The molecule has 0 amide bonds. The minimum atomic E-state index is 0.988. The van der Waals surface area contributed by atoms with E-state index in [2.05, 4.69) is 37.0 Å². The molecule has 0 aromatic rings. The summed E-state index contributed by atoms with van der Waals surface area (Å²) in [4.78, 5) is 0. The summed E-state index contributed by atoms with van der Waals surface area (Å²) in [5, 5.41) is 5.47. The lowest BCUT2D eigenvalue weighted by molar-refractivity contribution is 0.491. The molecule has 1 aliphatic rings. The van der Waals surface area contributed by atoms with Crippen LogP contribution in [0.5, 0.6) is 0 Å². The summed E-state index contributed by atoms with van der Waals surface area (Å²) in [6.07, 6.45) is 9.38. The minimum Gasteiger partial charge on any atom is -0.276 e. The SMILES string of the molecule is C=NN(C)/C=C1/C=CC(C)=CC1. The zero-order chi connectivity index (χ0) is 8.97. The molecular formula is C10H14N2. The van der Waals surface area contributed by atoms with Crippen molar-refractivity contribution >= 4 is 6.72 Å². The summed E-state index contributed by atoms with van der Waals surface area (Å²) >= 11 is 0. The molecule has 1 rings (SSSR count).